The summed E-state index contributed by atoms with van der Waals surface area (Å²) in [5.74, 6) is -0.171. The molecule has 0 unspecified atom stereocenters. The molecule has 9 heteroatoms. The van der Waals surface area contributed by atoms with Gasteiger partial charge in [0.2, 0.25) is 0 Å². The number of carbonyl (C=O) groups is 2. The van der Waals surface area contributed by atoms with E-state index in [1.54, 1.807) is 12.1 Å². The van der Waals surface area contributed by atoms with Crippen LogP contribution in [0.1, 0.15) is 41.0 Å². The van der Waals surface area contributed by atoms with Crippen LogP contribution in [0, 0.1) is 10.1 Å². The maximum atomic E-state index is 12.3. The predicted molar refractivity (Wildman–Crippen MR) is 101 cm³/mol. The normalized spacial score (nSPS) is 10.1. The molecule has 0 bridgehead atoms. The molecule has 28 heavy (non-hydrogen) atoms. The molecular formula is C19H21N3O6. The van der Waals surface area contributed by atoms with Crippen LogP contribution in [0.2, 0.25) is 0 Å². The number of hydrogen-bond donors (Lipinski definition) is 2. The van der Waals surface area contributed by atoms with E-state index in [-0.39, 0.29) is 16.8 Å². The van der Waals surface area contributed by atoms with E-state index < -0.39 is 16.7 Å². The van der Waals surface area contributed by atoms with Crippen molar-refractivity contribution in [3.63, 3.8) is 0 Å². The molecule has 0 saturated heterocycles. The maximum absolute atomic E-state index is 12.3. The second-order valence-corrected chi connectivity index (χ2v) is 5.66. The van der Waals surface area contributed by atoms with Gasteiger partial charge in [-0.05, 0) is 43.7 Å². The zero-order chi connectivity index (χ0) is 20.5. The summed E-state index contributed by atoms with van der Waals surface area (Å²) in [5.41, 5.74) is 4.88. The fourth-order valence-corrected chi connectivity index (χ4v) is 2.24. The Labute approximate surface area is 161 Å². The quantitative estimate of drug-likeness (QED) is 0.531. The summed E-state index contributed by atoms with van der Waals surface area (Å²) in [5, 5.41) is 10.6. The molecule has 0 saturated carbocycles. The van der Waals surface area contributed by atoms with E-state index in [2.05, 4.69) is 10.9 Å². The van der Waals surface area contributed by atoms with E-state index in [9.17, 15) is 19.7 Å². The molecule has 0 spiro atoms. The van der Waals surface area contributed by atoms with Crippen LogP contribution in [0.5, 0.6) is 11.5 Å². The van der Waals surface area contributed by atoms with Gasteiger partial charge in [0.05, 0.1) is 18.1 Å². The van der Waals surface area contributed by atoms with Crippen molar-refractivity contribution in [1.29, 1.82) is 0 Å². The van der Waals surface area contributed by atoms with Gasteiger partial charge in [-0.15, -0.1) is 0 Å². The van der Waals surface area contributed by atoms with Crippen molar-refractivity contribution >= 4 is 17.5 Å². The number of ether oxygens (including phenoxy) is 2. The number of nitro benzene ring substituents is 1. The van der Waals surface area contributed by atoms with Gasteiger partial charge in [0, 0.05) is 23.3 Å². The zero-order valence-corrected chi connectivity index (χ0v) is 15.6. The van der Waals surface area contributed by atoms with E-state index in [1.165, 1.54) is 30.3 Å². The lowest BCUT2D eigenvalue weighted by atomic mass is 10.2. The molecule has 9 nitrogen and oxygen atoms in total. The number of nitro groups is 1. The molecule has 0 aliphatic heterocycles. The molecule has 148 valence electrons. The van der Waals surface area contributed by atoms with Crippen LogP contribution in [0.25, 0.3) is 0 Å². The number of amides is 2. The molecular weight excluding hydrogens is 366 g/mol. The molecule has 0 atom stereocenters. The fraction of sp³-hybridized carbons (Fsp3) is 0.263. The molecule has 2 aromatic rings. The van der Waals surface area contributed by atoms with Gasteiger partial charge < -0.3 is 9.47 Å². The largest absolute Gasteiger partial charge is 0.490 e. The van der Waals surface area contributed by atoms with E-state index in [0.717, 1.165) is 6.42 Å². The Morgan fingerprint density at radius 1 is 0.929 bits per heavy atom. The van der Waals surface area contributed by atoms with Crippen molar-refractivity contribution in [3.8, 4) is 11.5 Å². The Kier molecular flexibility index (Phi) is 7.32. The summed E-state index contributed by atoms with van der Waals surface area (Å²) in [7, 11) is 0. The molecule has 0 aliphatic carbocycles. The Bertz CT molecular complexity index is 851. The summed E-state index contributed by atoms with van der Waals surface area (Å²) in [6.45, 7) is 4.73. The third kappa shape index (κ3) is 5.44. The average Bonchev–Trinajstić information content (AvgIpc) is 2.71. The number of benzene rings is 2. The highest BCUT2D eigenvalue weighted by Crippen LogP contribution is 2.28. The van der Waals surface area contributed by atoms with Crippen molar-refractivity contribution in [2.24, 2.45) is 0 Å². The first-order valence-corrected chi connectivity index (χ1v) is 8.71. The molecule has 2 rings (SSSR count). The van der Waals surface area contributed by atoms with E-state index >= 15 is 0 Å². The minimum Gasteiger partial charge on any atom is -0.490 e. The van der Waals surface area contributed by atoms with Crippen molar-refractivity contribution in [3.05, 3.63) is 63.7 Å². The van der Waals surface area contributed by atoms with Gasteiger partial charge in [-0.1, -0.05) is 6.92 Å². The smallest absolute Gasteiger partial charge is 0.269 e. The number of hydrogen-bond acceptors (Lipinski definition) is 6. The second kappa shape index (κ2) is 9.91. The highest BCUT2D eigenvalue weighted by Gasteiger charge is 2.14. The minimum absolute atomic E-state index is 0.130. The first-order valence-electron chi connectivity index (χ1n) is 8.71. The highest BCUT2D eigenvalue weighted by molar-refractivity contribution is 5.99. The lowest BCUT2D eigenvalue weighted by Gasteiger charge is -2.13. The molecule has 0 radical (unpaired) electrons. The highest BCUT2D eigenvalue weighted by atomic mass is 16.6. The summed E-state index contributed by atoms with van der Waals surface area (Å²) in [6, 6.07) is 9.73. The molecule has 2 N–H and O–H groups in total. The summed E-state index contributed by atoms with van der Waals surface area (Å²) in [4.78, 5) is 34.4. The van der Waals surface area contributed by atoms with Crippen molar-refractivity contribution in [2.45, 2.75) is 20.3 Å². The van der Waals surface area contributed by atoms with Crippen LogP contribution in [-0.2, 0) is 0 Å². The summed E-state index contributed by atoms with van der Waals surface area (Å²) >= 11 is 0. The van der Waals surface area contributed by atoms with Crippen LogP contribution in [0.15, 0.2) is 42.5 Å². The van der Waals surface area contributed by atoms with Crippen molar-refractivity contribution < 1.29 is 24.0 Å². The monoisotopic (exact) mass is 387 g/mol. The molecule has 0 aromatic heterocycles. The van der Waals surface area contributed by atoms with Gasteiger partial charge in [-0.2, -0.15) is 0 Å². The van der Waals surface area contributed by atoms with Crippen LogP contribution >= 0.6 is 0 Å². The molecule has 0 aliphatic rings. The second-order valence-electron chi connectivity index (χ2n) is 5.66. The van der Waals surface area contributed by atoms with Crippen molar-refractivity contribution in [2.75, 3.05) is 13.2 Å². The van der Waals surface area contributed by atoms with Gasteiger partial charge in [0.1, 0.15) is 0 Å². The van der Waals surface area contributed by atoms with E-state index in [1.807, 2.05) is 13.8 Å². The third-order valence-electron chi connectivity index (χ3n) is 3.60. The number of rotatable bonds is 8. The lowest BCUT2D eigenvalue weighted by molar-refractivity contribution is -0.384. The standard InChI is InChI=1S/C19H21N3O6/c1-3-11-28-16-10-7-14(12-17(16)27-4-2)19(24)21-20-18(23)13-5-8-15(9-6-13)22(25)26/h5-10,12H,3-4,11H2,1-2H3,(H,20,23)(H,21,24). The van der Waals surface area contributed by atoms with Gasteiger partial charge in [-0.3, -0.25) is 30.6 Å². The van der Waals surface area contributed by atoms with Gasteiger partial charge in [-0.25, -0.2) is 0 Å². The first-order chi connectivity index (χ1) is 13.5. The van der Waals surface area contributed by atoms with Crippen LogP contribution < -0.4 is 20.3 Å². The Morgan fingerprint density at radius 3 is 2.11 bits per heavy atom. The van der Waals surface area contributed by atoms with Crippen LogP contribution in [0.4, 0.5) is 5.69 Å². The SMILES string of the molecule is CCCOc1ccc(C(=O)NNC(=O)c2ccc([N+](=O)[O-])cc2)cc1OCC. The summed E-state index contributed by atoms with van der Waals surface area (Å²) < 4.78 is 11.1. The molecule has 0 fully saturated rings. The Morgan fingerprint density at radius 2 is 1.54 bits per heavy atom. The van der Waals surface area contributed by atoms with E-state index in [4.69, 9.17) is 9.47 Å². The van der Waals surface area contributed by atoms with Crippen LogP contribution in [0.3, 0.4) is 0 Å². The topological polar surface area (TPSA) is 120 Å². The van der Waals surface area contributed by atoms with Gasteiger partial charge in [0.25, 0.3) is 17.5 Å². The molecule has 2 amide bonds. The van der Waals surface area contributed by atoms with Gasteiger partial charge >= 0.3 is 0 Å². The number of hydrazine groups is 1. The molecule has 0 heterocycles. The minimum atomic E-state index is -0.601. The Balaban J connectivity index is 2.02. The average molecular weight is 387 g/mol. The van der Waals surface area contributed by atoms with Crippen LogP contribution in [-0.4, -0.2) is 30.0 Å². The maximum Gasteiger partial charge on any atom is 0.269 e. The number of carbonyl (C=O) groups excluding carboxylic acids is 2. The van der Waals surface area contributed by atoms with E-state index in [0.29, 0.717) is 24.7 Å². The zero-order valence-electron chi connectivity index (χ0n) is 15.6. The number of nitrogens with one attached hydrogen (secondary N) is 2. The Hall–Kier alpha value is -3.62. The predicted octanol–water partition coefficient (Wildman–Crippen LogP) is 2.86. The third-order valence-corrected chi connectivity index (χ3v) is 3.60. The number of nitrogens with zero attached hydrogens (tertiary/aromatic N) is 1. The molecule has 2 aromatic carbocycles. The van der Waals surface area contributed by atoms with Gasteiger partial charge in [0.15, 0.2) is 11.5 Å². The van der Waals surface area contributed by atoms with Crippen molar-refractivity contribution in [1.82, 2.24) is 10.9 Å². The summed E-state index contributed by atoms with van der Waals surface area (Å²) in [6.07, 6.45) is 0.836. The lowest BCUT2D eigenvalue weighted by Crippen LogP contribution is -2.41. The number of non-ortho nitro benzene ring substituents is 1. The fourth-order valence-electron chi connectivity index (χ4n) is 2.24. The first kappa shape index (κ1) is 20.7.